The van der Waals surface area contributed by atoms with Gasteiger partial charge in [0.25, 0.3) is 0 Å². The molecule has 0 radical (unpaired) electrons. The maximum atomic E-state index is 11.9. The Labute approximate surface area is 154 Å². The molecule has 3 aromatic rings. The van der Waals surface area contributed by atoms with Crippen LogP contribution < -0.4 is 5.32 Å². The maximum absolute atomic E-state index is 11.9. The fourth-order valence-electron chi connectivity index (χ4n) is 2.28. The van der Waals surface area contributed by atoms with Gasteiger partial charge in [-0.2, -0.15) is 0 Å². The number of aromatic nitrogens is 1. The Bertz CT molecular complexity index is 820. The van der Waals surface area contributed by atoms with Crippen LogP contribution in [0.3, 0.4) is 0 Å². The number of hydrogen-bond acceptors (Lipinski definition) is 4. The molecule has 0 unspecified atom stereocenters. The molecule has 124 valence electrons. The van der Waals surface area contributed by atoms with Gasteiger partial charge in [0.2, 0.25) is 5.91 Å². The van der Waals surface area contributed by atoms with Crippen LogP contribution >= 0.6 is 34.7 Å². The van der Waals surface area contributed by atoms with Crippen molar-refractivity contribution in [3.63, 3.8) is 0 Å². The molecule has 24 heavy (non-hydrogen) atoms. The summed E-state index contributed by atoms with van der Waals surface area (Å²) in [6, 6.07) is 16.0. The standard InChI is InChI=1S/C18H17ClN2OS2/c19-14-8-9-16-15(11-14)21-18(24-16)23-12-17(22)20-10-4-7-13-5-2-1-3-6-13/h1-3,5-6,8-9,11H,4,7,10,12H2,(H,20,22). The molecule has 0 atom stereocenters. The third kappa shape index (κ3) is 4.97. The van der Waals surface area contributed by atoms with Gasteiger partial charge in [-0.05, 0) is 36.6 Å². The minimum atomic E-state index is 0.0466. The second-order valence-electron chi connectivity index (χ2n) is 5.32. The molecule has 0 aliphatic heterocycles. The van der Waals surface area contributed by atoms with Crippen molar-refractivity contribution in [2.24, 2.45) is 0 Å². The number of aryl methyl sites for hydroxylation is 1. The van der Waals surface area contributed by atoms with Crippen molar-refractivity contribution < 1.29 is 4.79 Å². The number of hydrogen-bond donors (Lipinski definition) is 1. The van der Waals surface area contributed by atoms with Gasteiger partial charge in [0.1, 0.15) is 0 Å². The van der Waals surface area contributed by atoms with Crippen LogP contribution in [0.4, 0.5) is 0 Å². The molecular weight excluding hydrogens is 360 g/mol. The summed E-state index contributed by atoms with van der Waals surface area (Å²) in [5.74, 6) is 0.434. The third-order valence-corrected chi connectivity index (χ3v) is 5.88. The highest BCUT2D eigenvalue weighted by Gasteiger charge is 2.08. The van der Waals surface area contributed by atoms with Gasteiger partial charge < -0.3 is 5.32 Å². The van der Waals surface area contributed by atoms with Crippen molar-refractivity contribution in [1.82, 2.24) is 10.3 Å². The van der Waals surface area contributed by atoms with Crippen LogP contribution in [0.5, 0.6) is 0 Å². The summed E-state index contributed by atoms with van der Waals surface area (Å²) in [4.78, 5) is 16.4. The Morgan fingerprint density at radius 1 is 1.21 bits per heavy atom. The van der Waals surface area contributed by atoms with Crippen LogP contribution in [0.25, 0.3) is 10.2 Å². The molecule has 1 aromatic heterocycles. The molecule has 6 heteroatoms. The molecule has 0 aliphatic carbocycles. The lowest BCUT2D eigenvalue weighted by Gasteiger charge is -2.04. The van der Waals surface area contributed by atoms with Crippen molar-refractivity contribution in [1.29, 1.82) is 0 Å². The molecule has 1 amide bonds. The van der Waals surface area contributed by atoms with Gasteiger partial charge in [0.15, 0.2) is 4.34 Å². The lowest BCUT2D eigenvalue weighted by atomic mass is 10.1. The highest BCUT2D eigenvalue weighted by Crippen LogP contribution is 2.30. The van der Waals surface area contributed by atoms with Crippen molar-refractivity contribution >= 4 is 50.8 Å². The number of halogens is 1. The van der Waals surface area contributed by atoms with Crippen molar-refractivity contribution in [3.8, 4) is 0 Å². The molecule has 0 spiro atoms. The summed E-state index contributed by atoms with van der Waals surface area (Å²) in [6.07, 6.45) is 1.92. The molecule has 2 aromatic carbocycles. The predicted molar refractivity (Wildman–Crippen MR) is 103 cm³/mol. The van der Waals surface area contributed by atoms with Gasteiger partial charge in [0.05, 0.1) is 16.0 Å². The van der Waals surface area contributed by atoms with Gasteiger partial charge in [-0.3, -0.25) is 4.79 Å². The monoisotopic (exact) mass is 376 g/mol. The second kappa shape index (κ2) is 8.51. The number of nitrogens with one attached hydrogen (secondary N) is 1. The van der Waals surface area contributed by atoms with E-state index in [4.69, 9.17) is 11.6 Å². The first-order valence-electron chi connectivity index (χ1n) is 7.70. The smallest absolute Gasteiger partial charge is 0.230 e. The van der Waals surface area contributed by atoms with Gasteiger partial charge in [-0.15, -0.1) is 11.3 Å². The van der Waals surface area contributed by atoms with Crippen LogP contribution in [0.1, 0.15) is 12.0 Å². The van der Waals surface area contributed by atoms with E-state index >= 15 is 0 Å². The van der Waals surface area contributed by atoms with E-state index in [1.54, 1.807) is 11.3 Å². The quantitative estimate of drug-likeness (QED) is 0.476. The van der Waals surface area contributed by atoms with Crippen LogP contribution in [0.15, 0.2) is 52.9 Å². The zero-order valence-corrected chi connectivity index (χ0v) is 15.4. The molecule has 1 heterocycles. The van der Waals surface area contributed by atoms with Gasteiger partial charge in [0, 0.05) is 11.6 Å². The third-order valence-electron chi connectivity index (χ3n) is 3.46. The molecule has 0 fully saturated rings. The normalized spacial score (nSPS) is 10.9. The average Bonchev–Trinajstić information content (AvgIpc) is 3.00. The van der Waals surface area contributed by atoms with Gasteiger partial charge >= 0.3 is 0 Å². The van der Waals surface area contributed by atoms with Crippen molar-refractivity contribution in [2.75, 3.05) is 12.3 Å². The number of rotatable bonds is 7. The Balaban J connectivity index is 1.40. The number of benzene rings is 2. The highest BCUT2D eigenvalue weighted by molar-refractivity contribution is 8.01. The molecule has 3 rings (SSSR count). The topological polar surface area (TPSA) is 42.0 Å². The van der Waals surface area contributed by atoms with Crippen LogP contribution in [-0.4, -0.2) is 23.2 Å². The number of carbonyl (C=O) groups excluding carboxylic acids is 1. The summed E-state index contributed by atoms with van der Waals surface area (Å²) in [7, 11) is 0. The van der Waals surface area contributed by atoms with E-state index in [9.17, 15) is 4.79 Å². The zero-order chi connectivity index (χ0) is 16.8. The van der Waals surface area contributed by atoms with Crippen LogP contribution in [0.2, 0.25) is 5.02 Å². The van der Waals surface area contributed by atoms with E-state index in [-0.39, 0.29) is 5.91 Å². The SMILES string of the molecule is O=C(CSc1nc2cc(Cl)ccc2s1)NCCCc1ccccc1. The van der Waals surface area contributed by atoms with Gasteiger partial charge in [-0.25, -0.2) is 4.98 Å². The number of nitrogens with zero attached hydrogens (tertiary/aromatic N) is 1. The zero-order valence-electron chi connectivity index (χ0n) is 13.0. The number of thioether (sulfide) groups is 1. The van der Waals surface area contributed by atoms with E-state index in [2.05, 4.69) is 22.4 Å². The molecule has 0 saturated heterocycles. The van der Waals surface area contributed by atoms with Gasteiger partial charge in [-0.1, -0.05) is 53.7 Å². The summed E-state index contributed by atoms with van der Waals surface area (Å²) >= 11 is 9.02. The van der Waals surface area contributed by atoms with E-state index < -0.39 is 0 Å². The van der Waals surface area contributed by atoms with E-state index in [0.717, 1.165) is 27.4 Å². The summed E-state index contributed by atoms with van der Waals surface area (Å²) in [6.45, 7) is 0.698. The second-order valence-corrected chi connectivity index (χ2v) is 8.01. The first-order chi connectivity index (χ1) is 11.7. The number of carbonyl (C=O) groups is 1. The molecule has 0 bridgehead atoms. The first kappa shape index (κ1) is 17.3. The van der Waals surface area contributed by atoms with Crippen LogP contribution in [-0.2, 0) is 11.2 Å². The first-order valence-corrected chi connectivity index (χ1v) is 9.88. The average molecular weight is 377 g/mol. The summed E-state index contributed by atoms with van der Waals surface area (Å²) in [5, 5.41) is 3.64. The van der Waals surface area contributed by atoms with E-state index in [1.807, 2.05) is 36.4 Å². The molecular formula is C18H17ClN2OS2. The predicted octanol–water partition coefficient (Wildman–Crippen LogP) is 4.79. The number of amides is 1. The minimum Gasteiger partial charge on any atom is -0.355 e. The lowest BCUT2D eigenvalue weighted by Crippen LogP contribution is -2.26. The fourth-order valence-corrected chi connectivity index (χ4v) is 4.33. The van der Waals surface area contributed by atoms with E-state index in [1.165, 1.54) is 17.3 Å². The molecule has 0 saturated carbocycles. The maximum Gasteiger partial charge on any atom is 0.230 e. The number of fused-ring (bicyclic) bond motifs is 1. The summed E-state index contributed by atoms with van der Waals surface area (Å²) in [5.41, 5.74) is 2.19. The van der Waals surface area contributed by atoms with Crippen LogP contribution in [0, 0.1) is 0 Å². The molecule has 1 N–H and O–H groups in total. The summed E-state index contributed by atoms with van der Waals surface area (Å²) < 4.78 is 1.98. The Hall–Kier alpha value is -1.56. The largest absolute Gasteiger partial charge is 0.355 e. The fraction of sp³-hybridized carbons (Fsp3) is 0.222. The number of thiazole rings is 1. The Morgan fingerprint density at radius 2 is 2.04 bits per heavy atom. The van der Waals surface area contributed by atoms with Crippen molar-refractivity contribution in [3.05, 3.63) is 59.1 Å². The highest BCUT2D eigenvalue weighted by atomic mass is 35.5. The molecule has 3 nitrogen and oxygen atoms in total. The minimum absolute atomic E-state index is 0.0466. The van der Waals surface area contributed by atoms with Crippen molar-refractivity contribution in [2.45, 2.75) is 17.2 Å². The lowest BCUT2D eigenvalue weighted by molar-refractivity contribution is -0.118. The van der Waals surface area contributed by atoms with E-state index in [0.29, 0.717) is 17.3 Å². The Kier molecular flexibility index (Phi) is 6.12. The molecule has 0 aliphatic rings. The Morgan fingerprint density at radius 3 is 2.88 bits per heavy atom.